The van der Waals surface area contributed by atoms with Gasteiger partial charge in [0.25, 0.3) is 0 Å². The van der Waals surface area contributed by atoms with Gasteiger partial charge >= 0.3 is 6.09 Å². The molecule has 0 aliphatic heterocycles. The Balaban J connectivity index is 1.42. The smallest absolute Gasteiger partial charge is 0.307 e. The molecule has 0 aliphatic carbocycles. The van der Waals surface area contributed by atoms with Crippen LogP contribution in [0.25, 0.3) is 0 Å². The van der Waals surface area contributed by atoms with E-state index in [-0.39, 0.29) is 17.3 Å². The lowest BCUT2D eigenvalue weighted by molar-refractivity contribution is 0.101. The lowest BCUT2D eigenvalue weighted by Gasteiger charge is -2.15. The molecule has 220 valence electrons. The number of thioether (sulfide) groups is 1. The van der Waals surface area contributed by atoms with Crippen molar-refractivity contribution in [1.82, 2.24) is 4.90 Å². The van der Waals surface area contributed by atoms with Gasteiger partial charge in [0.15, 0.2) is 5.78 Å². The quantitative estimate of drug-likeness (QED) is 0.0483. The minimum absolute atomic E-state index is 0.0215. The van der Waals surface area contributed by atoms with Crippen LogP contribution >= 0.6 is 35.1 Å². The van der Waals surface area contributed by atoms with Crippen molar-refractivity contribution in [2.75, 3.05) is 18.8 Å². The summed E-state index contributed by atoms with van der Waals surface area (Å²) in [5.41, 5.74) is 1.89. The first-order chi connectivity index (χ1) is 20.9. The lowest BCUT2D eigenvalue weighted by Crippen LogP contribution is -2.30. The number of benzene rings is 4. The van der Waals surface area contributed by atoms with E-state index in [1.54, 1.807) is 36.0 Å². The largest absolute Gasteiger partial charge is 0.435 e. The van der Waals surface area contributed by atoms with Gasteiger partial charge in [0.05, 0.1) is 0 Å². The van der Waals surface area contributed by atoms with Gasteiger partial charge in [-0.1, -0.05) is 58.9 Å². The first-order valence-corrected chi connectivity index (χ1v) is 16.0. The molecule has 0 aromatic heterocycles. The van der Waals surface area contributed by atoms with Crippen molar-refractivity contribution in [2.24, 2.45) is 5.16 Å². The first kappa shape index (κ1) is 32.1. The summed E-state index contributed by atoms with van der Waals surface area (Å²) < 4.78 is 0. The number of carbonyl (C=O) groups excluding carboxylic acids is 3. The number of nitrogens with zero attached hydrogens (tertiary/aromatic N) is 2. The highest BCUT2D eigenvalue weighted by atomic mass is 35.5. The predicted octanol–water partition coefficient (Wildman–Crippen LogP) is 8.92. The second-order valence-corrected chi connectivity index (χ2v) is 12.0. The molecule has 0 N–H and O–H groups in total. The molecule has 0 aliphatic rings. The van der Waals surface area contributed by atoms with Crippen LogP contribution in [0.1, 0.15) is 46.5 Å². The van der Waals surface area contributed by atoms with Crippen LogP contribution in [0.3, 0.4) is 0 Å². The topological polar surface area (TPSA) is 76.0 Å². The van der Waals surface area contributed by atoms with E-state index in [1.807, 2.05) is 92.7 Å². The molecular weight excluding hydrogens is 600 g/mol. The summed E-state index contributed by atoms with van der Waals surface area (Å²) in [7, 11) is 0. The van der Waals surface area contributed by atoms with Crippen molar-refractivity contribution < 1.29 is 19.2 Å². The van der Waals surface area contributed by atoms with E-state index in [9.17, 15) is 14.4 Å². The summed E-state index contributed by atoms with van der Waals surface area (Å²) in [4.78, 5) is 48.1. The Morgan fingerprint density at radius 2 is 1.26 bits per heavy atom. The number of halogens is 1. The third-order valence-corrected chi connectivity index (χ3v) is 8.73. The summed E-state index contributed by atoms with van der Waals surface area (Å²) in [6, 6.07) is 31.3. The maximum atomic E-state index is 13.4. The Bertz CT molecular complexity index is 1560. The zero-order chi connectivity index (χ0) is 30.6. The van der Waals surface area contributed by atoms with Gasteiger partial charge in [-0.15, -0.1) is 11.8 Å². The Hall–Kier alpha value is -3.85. The molecule has 0 heterocycles. The summed E-state index contributed by atoms with van der Waals surface area (Å²) in [5, 5.41) is 4.66. The highest BCUT2D eigenvalue weighted by Crippen LogP contribution is 2.29. The SMILES string of the molecule is CCN(CC)C(=O)ON=C(CCSc1ccc(Cl)cc1)C(=O)c1ccc(Sc2ccc(C(=O)c3ccccc3)cc2)cc1. The van der Waals surface area contributed by atoms with Crippen molar-refractivity contribution in [1.29, 1.82) is 0 Å². The molecule has 4 rings (SSSR count). The molecule has 9 heteroatoms. The van der Waals surface area contributed by atoms with Gasteiger partial charge in [0.1, 0.15) is 5.71 Å². The number of ketones is 2. The highest BCUT2D eigenvalue weighted by Gasteiger charge is 2.18. The predicted molar refractivity (Wildman–Crippen MR) is 175 cm³/mol. The number of carbonyl (C=O) groups is 3. The van der Waals surface area contributed by atoms with E-state index in [4.69, 9.17) is 16.4 Å². The zero-order valence-corrected chi connectivity index (χ0v) is 26.3. The second kappa shape index (κ2) is 16.1. The van der Waals surface area contributed by atoms with Crippen LogP contribution in [0.15, 0.2) is 123 Å². The monoisotopic (exact) mass is 630 g/mol. The third kappa shape index (κ3) is 9.32. The average Bonchev–Trinajstić information content (AvgIpc) is 3.04. The molecule has 0 bridgehead atoms. The molecule has 4 aromatic rings. The van der Waals surface area contributed by atoms with Crippen LogP contribution < -0.4 is 0 Å². The van der Waals surface area contributed by atoms with Crippen LogP contribution in [0.4, 0.5) is 4.79 Å². The maximum Gasteiger partial charge on any atom is 0.435 e. The average molecular weight is 631 g/mol. The molecule has 4 aromatic carbocycles. The molecule has 0 unspecified atom stereocenters. The van der Waals surface area contributed by atoms with Crippen LogP contribution in [0, 0.1) is 0 Å². The summed E-state index contributed by atoms with van der Waals surface area (Å²) in [6.45, 7) is 4.65. The van der Waals surface area contributed by atoms with E-state index < -0.39 is 6.09 Å². The first-order valence-electron chi connectivity index (χ1n) is 13.8. The van der Waals surface area contributed by atoms with Gasteiger partial charge in [-0.3, -0.25) is 14.4 Å². The van der Waals surface area contributed by atoms with E-state index in [0.29, 0.717) is 47.0 Å². The number of oxime groups is 1. The molecule has 0 atom stereocenters. The van der Waals surface area contributed by atoms with E-state index in [1.165, 1.54) is 16.7 Å². The Morgan fingerprint density at radius 1 is 0.721 bits per heavy atom. The Kier molecular flexibility index (Phi) is 12.0. The normalized spacial score (nSPS) is 11.2. The summed E-state index contributed by atoms with van der Waals surface area (Å²) >= 11 is 9.07. The van der Waals surface area contributed by atoms with Gasteiger partial charge in [-0.25, -0.2) is 4.79 Å². The fourth-order valence-corrected chi connectivity index (χ4v) is 5.84. The second-order valence-electron chi connectivity index (χ2n) is 9.29. The van der Waals surface area contributed by atoms with Gasteiger partial charge < -0.3 is 4.90 Å². The van der Waals surface area contributed by atoms with Crippen LogP contribution in [0.2, 0.25) is 5.02 Å². The Morgan fingerprint density at radius 3 is 1.84 bits per heavy atom. The van der Waals surface area contributed by atoms with Crippen molar-refractivity contribution in [2.45, 2.75) is 35.0 Å². The molecule has 1 amide bonds. The molecule has 0 radical (unpaired) electrons. The number of amides is 1. The molecule has 43 heavy (non-hydrogen) atoms. The van der Waals surface area contributed by atoms with E-state index >= 15 is 0 Å². The molecule has 0 saturated heterocycles. The van der Waals surface area contributed by atoms with E-state index in [0.717, 1.165) is 14.7 Å². The lowest BCUT2D eigenvalue weighted by atomic mass is 10.0. The van der Waals surface area contributed by atoms with Crippen molar-refractivity contribution in [3.8, 4) is 0 Å². The number of Topliss-reactive ketones (excluding diaryl/α,β-unsaturated/α-hetero) is 1. The molecule has 0 spiro atoms. The molecule has 6 nitrogen and oxygen atoms in total. The van der Waals surface area contributed by atoms with Gasteiger partial charge in [-0.05, 0) is 86.6 Å². The number of rotatable bonds is 13. The minimum Gasteiger partial charge on any atom is -0.307 e. The zero-order valence-electron chi connectivity index (χ0n) is 23.9. The Labute approximate surface area is 265 Å². The molecular formula is C34H31ClN2O4S2. The van der Waals surface area contributed by atoms with Crippen molar-refractivity contribution in [3.05, 3.63) is 125 Å². The minimum atomic E-state index is -0.594. The fourth-order valence-electron chi connectivity index (χ4n) is 4.04. The maximum absolute atomic E-state index is 13.4. The third-order valence-electron chi connectivity index (χ3n) is 6.44. The summed E-state index contributed by atoms with van der Waals surface area (Å²) in [5.74, 6) is 0.238. The standard InChI is InChI=1S/C34H31ClN2O4S2/c1-3-37(4-2)34(40)41-36-31(22-23-42-28-20-14-27(35)15-21-28)33(39)26-12-18-30(19-13-26)43-29-16-10-25(11-17-29)32(38)24-8-6-5-7-9-24/h5-21H,3-4,22-23H2,1-2H3. The fraction of sp³-hybridized carbons (Fsp3) is 0.176. The molecule has 0 fully saturated rings. The van der Waals surface area contributed by atoms with Crippen molar-refractivity contribution >= 4 is 58.5 Å². The number of hydrogen-bond donors (Lipinski definition) is 0. The highest BCUT2D eigenvalue weighted by molar-refractivity contribution is 7.99. The van der Waals surface area contributed by atoms with Gasteiger partial charge in [0.2, 0.25) is 5.78 Å². The van der Waals surface area contributed by atoms with Crippen LogP contribution in [-0.4, -0.2) is 47.1 Å². The summed E-state index contributed by atoms with van der Waals surface area (Å²) in [6.07, 6.45) is -0.286. The van der Waals surface area contributed by atoms with Gasteiger partial charge in [0, 0.05) is 61.7 Å². The van der Waals surface area contributed by atoms with Crippen LogP contribution in [-0.2, 0) is 4.84 Å². The van der Waals surface area contributed by atoms with E-state index in [2.05, 4.69) is 5.16 Å². The molecule has 0 saturated carbocycles. The number of hydrogen-bond acceptors (Lipinski definition) is 7. The van der Waals surface area contributed by atoms with Crippen molar-refractivity contribution in [3.63, 3.8) is 0 Å². The van der Waals surface area contributed by atoms with Gasteiger partial charge in [-0.2, -0.15) is 0 Å². The van der Waals surface area contributed by atoms with Crippen LogP contribution in [0.5, 0.6) is 0 Å².